The first-order valence-corrected chi connectivity index (χ1v) is 6.97. The van der Waals surface area contributed by atoms with Crippen molar-refractivity contribution in [1.29, 1.82) is 0 Å². The van der Waals surface area contributed by atoms with Gasteiger partial charge in [-0.2, -0.15) is 0 Å². The summed E-state index contributed by atoms with van der Waals surface area (Å²) in [5, 5.41) is 0. The summed E-state index contributed by atoms with van der Waals surface area (Å²) in [7, 11) is 3.85. The molecular weight excluding hydrogens is 238 g/mol. The van der Waals surface area contributed by atoms with Crippen LogP contribution < -0.4 is 10.5 Å². The van der Waals surface area contributed by atoms with Crippen molar-refractivity contribution < 1.29 is 4.74 Å². The zero-order valence-electron chi connectivity index (χ0n) is 12.7. The monoisotopic (exact) mass is 265 g/mol. The molecule has 4 heteroatoms. The molecule has 0 spiro atoms. The first kappa shape index (κ1) is 15.9. The van der Waals surface area contributed by atoms with Crippen molar-refractivity contribution in [3.05, 3.63) is 23.0 Å². The maximum Gasteiger partial charge on any atom is 0.128 e. The third-order valence-corrected chi connectivity index (χ3v) is 3.41. The topological polar surface area (TPSA) is 51.4 Å². The van der Waals surface area contributed by atoms with Crippen LogP contribution in [-0.2, 0) is 6.54 Å². The quantitative estimate of drug-likeness (QED) is 0.733. The number of aromatic nitrogens is 1. The highest BCUT2D eigenvalue weighted by molar-refractivity contribution is 5.40. The molecule has 0 saturated carbocycles. The van der Waals surface area contributed by atoms with Crippen molar-refractivity contribution in [2.24, 2.45) is 5.73 Å². The molecule has 108 valence electrons. The van der Waals surface area contributed by atoms with Crippen molar-refractivity contribution >= 4 is 0 Å². The molecule has 0 fully saturated rings. The van der Waals surface area contributed by atoms with Crippen LogP contribution in [0.3, 0.4) is 0 Å². The molecule has 1 rings (SSSR count). The molecule has 0 radical (unpaired) electrons. The lowest BCUT2D eigenvalue weighted by molar-refractivity contribution is 0.312. The Morgan fingerprint density at radius 3 is 2.63 bits per heavy atom. The Hall–Kier alpha value is -1.13. The number of pyridine rings is 1. The second kappa shape index (κ2) is 8.12. The number of aryl methyl sites for hydroxylation is 1. The highest BCUT2D eigenvalue weighted by atomic mass is 16.5. The zero-order chi connectivity index (χ0) is 14.3. The van der Waals surface area contributed by atoms with Crippen LogP contribution in [0.15, 0.2) is 6.20 Å². The average Bonchev–Trinajstić information content (AvgIpc) is 2.39. The minimum Gasteiger partial charge on any atom is -0.496 e. The SMILES string of the molecule is COc1c(C)cnc(CN(C)CCCCCN)c1C. The van der Waals surface area contributed by atoms with E-state index in [9.17, 15) is 0 Å². The van der Waals surface area contributed by atoms with Gasteiger partial charge in [-0.15, -0.1) is 0 Å². The molecule has 0 amide bonds. The van der Waals surface area contributed by atoms with E-state index in [0.717, 1.165) is 48.6 Å². The number of unbranched alkanes of at least 4 members (excludes halogenated alkanes) is 2. The van der Waals surface area contributed by atoms with E-state index in [2.05, 4.69) is 23.9 Å². The molecule has 2 N–H and O–H groups in total. The van der Waals surface area contributed by atoms with Crippen LogP contribution in [0, 0.1) is 13.8 Å². The number of nitrogens with two attached hydrogens (primary N) is 1. The number of hydrogen-bond acceptors (Lipinski definition) is 4. The van der Waals surface area contributed by atoms with Crippen LogP contribution in [0.2, 0.25) is 0 Å². The summed E-state index contributed by atoms with van der Waals surface area (Å²) in [5.41, 5.74) is 8.84. The molecule has 0 unspecified atom stereocenters. The van der Waals surface area contributed by atoms with Crippen LogP contribution >= 0.6 is 0 Å². The van der Waals surface area contributed by atoms with Gasteiger partial charge in [0.05, 0.1) is 12.8 Å². The van der Waals surface area contributed by atoms with Crippen molar-refractivity contribution in [1.82, 2.24) is 9.88 Å². The normalized spacial score (nSPS) is 11.1. The van der Waals surface area contributed by atoms with Gasteiger partial charge in [0.1, 0.15) is 5.75 Å². The van der Waals surface area contributed by atoms with E-state index in [1.165, 1.54) is 12.8 Å². The molecule has 0 aromatic carbocycles. The molecule has 1 heterocycles. The molecule has 4 nitrogen and oxygen atoms in total. The lowest BCUT2D eigenvalue weighted by Crippen LogP contribution is -2.21. The van der Waals surface area contributed by atoms with E-state index in [4.69, 9.17) is 10.5 Å². The molecule has 1 aromatic heterocycles. The smallest absolute Gasteiger partial charge is 0.128 e. The average molecular weight is 265 g/mol. The Labute approximate surface area is 117 Å². The van der Waals surface area contributed by atoms with Gasteiger partial charge < -0.3 is 15.4 Å². The minimum absolute atomic E-state index is 0.791. The van der Waals surface area contributed by atoms with Crippen molar-refractivity contribution in [3.8, 4) is 5.75 Å². The largest absolute Gasteiger partial charge is 0.496 e. The van der Waals surface area contributed by atoms with E-state index < -0.39 is 0 Å². The molecule has 0 atom stereocenters. The van der Waals surface area contributed by atoms with Crippen molar-refractivity contribution in [2.75, 3.05) is 27.2 Å². The van der Waals surface area contributed by atoms with Gasteiger partial charge in [-0.05, 0) is 46.8 Å². The second-order valence-electron chi connectivity index (χ2n) is 5.13. The van der Waals surface area contributed by atoms with E-state index in [0.29, 0.717) is 0 Å². The van der Waals surface area contributed by atoms with Crippen LogP contribution in [0.5, 0.6) is 5.75 Å². The summed E-state index contributed by atoms with van der Waals surface area (Å²) >= 11 is 0. The third-order valence-electron chi connectivity index (χ3n) is 3.41. The van der Waals surface area contributed by atoms with Gasteiger partial charge in [0.15, 0.2) is 0 Å². The highest BCUT2D eigenvalue weighted by Crippen LogP contribution is 2.24. The van der Waals surface area contributed by atoms with E-state index in [1.807, 2.05) is 13.1 Å². The minimum atomic E-state index is 0.791. The Kier molecular flexibility index (Phi) is 6.81. The summed E-state index contributed by atoms with van der Waals surface area (Å²) in [6.07, 6.45) is 5.40. The summed E-state index contributed by atoms with van der Waals surface area (Å²) < 4.78 is 5.44. The molecular formula is C15H27N3O. The lowest BCUT2D eigenvalue weighted by atomic mass is 10.1. The van der Waals surface area contributed by atoms with Gasteiger partial charge in [-0.1, -0.05) is 6.42 Å². The number of rotatable bonds is 8. The number of ether oxygens (including phenoxy) is 1. The Morgan fingerprint density at radius 2 is 2.00 bits per heavy atom. The summed E-state index contributed by atoms with van der Waals surface area (Å²) in [5.74, 6) is 0.960. The molecule has 19 heavy (non-hydrogen) atoms. The van der Waals surface area contributed by atoms with Crippen LogP contribution in [-0.4, -0.2) is 37.1 Å². The number of hydrogen-bond donors (Lipinski definition) is 1. The van der Waals surface area contributed by atoms with Crippen LogP contribution in [0.25, 0.3) is 0 Å². The Balaban J connectivity index is 2.57. The van der Waals surface area contributed by atoms with E-state index in [1.54, 1.807) is 7.11 Å². The van der Waals surface area contributed by atoms with Crippen LogP contribution in [0.4, 0.5) is 0 Å². The number of nitrogens with zero attached hydrogens (tertiary/aromatic N) is 2. The van der Waals surface area contributed by atoms with Gasteiger partial charge in [0.2, 0.25) is 0 Å². The molecule has 0 aliphatic carbocycles. The molecule has 1 aromatic rings. The Morgan fingerprint density at radius 1 is 1.26 bits per heavy atom. The van der Waals surface area contributed by atoms with Gasteiger partial charge in [-0.3, -0.25) is 4.98 Å². The standard InChI is InChI=1S/C15H27N3O/c1-12-10-17-14(13(2)15(12)19-4)11-18(3)9-7-5-6-8-16/h10H,5-9,11,16H2,1-4H3. The fourth-order valence-corrected chi connectivity index (χ4v) is 2.27. The predicted molar refractivity (Wildman–Crippen MR) is 79.5 cm³/mol. The van der Waals surface area contributed by atoms with Gasteiger partial charge in [0.25, 0.3) is 0 Å². The van der Waals surface area contributed by atoms with E-state index >= 15 is 0 Å². The summed E-state index contributed by atoms with van der Waals surface area (Å²) in [6, 6.07) is 0. The maximum absolute atomic E-state index is 5.50. The molecule has 0 aliphatic heterocycles. The summed E-state index contributed by atoms with van der Waals surface area (Å²) in [4.78, 5) is 6.84. The predicted octanol–water partition coefficient (Wildman–Crippen LogP) is 2.27. The first-order valence-electron chi connectivity index (χ1n) is 6.97. The molecule has 0 aliphatic rings. The van der Waals surface area contributed by atoms with Crippen molar-refractivity contribution in [3.63, 3.8) is 0 Å². The third kappa shape index (κ3) is 4.80. The van der Waals surface area contributed by atoms with Gasteiger partial charge >= 0.3 is 0 Å². The fourth-order valence-electron chi connectivity index (χ4n) is 2.27. The summed E-state index contributed by atoms with van der Waals surface area (Å²) in [6.45, 7) is 6.84. The Bertz CT molecular complexity index is 393. The van der Waals surface area contributed by atoms with Crippen LogP contribution in [0.1, 0.15) is 36.1 Å². The second-order valence-corrected chi connectivity index (χ2v) is 5.13. The van der Waals surface area contributed by atoms with E-state index in [-0.39, 0.29) is 0 Å². The maximum atomic E-state index is 5.50. The van der Waals surface area contributed by atoms with Gasteiger partial charge in [0, 0.05) is 23.9 Å². The fraction of sp³-hybridized carbons (Fsp3) is 0.667. The lowest BCUT2D eigenvalue weighted by Gasteiger charge is -2.19. The van der Waals surface area contributed by atoms with Gasteiger partial charge in [-0.25, -0.2) is 0 Å². The molecule has 0 bridgehead atoms. The first-order chi connectivity index (χ1) is 9.10. The molecule has 0 saturated heterocycles. The highest BCUT2D eigenvalue weighted by Gasteiger charge is 2.11. The number of methoxy groups -OCH3 is 1. The van der Waals surface area contributed by atoms with Crippen molar-refractivity contribution in [2.45, 2.75) is 39.7 Å². The zero-order valence-corrected chi connectivity index (χ0v) is 12.7.